The number of halogens is 1. The summed E-state index contributed by atoms with van der Waals surface area (Å²) in [5.41, 5.74) is 3.91. The van der Waals surface area contributed by atoms with Gasteiger partial charge in [-0.1, -0.05) is 45.9 Å². The maximum Gasteiger partial charge on any atom is 0.223 e. The maximum atomic E-state index is 12.1. The number of nitrogens with one attached hydrogen (secondary N) is 2. The van der Waals surface area contributed by atoms with Crippen LogP contribution in [0.3, 0.4) is 0 Å². The molecule has 1 unspecified atom stereocenters. The third-order valence-electron chi connectivity index (χ3n) is 4.06. The summed E-state index contributed by atoms with van der Waals surface area (Å²) in [5.74, 6) is 0.148. The van der Waals surface area contributed by atoms with Crippen LogP contribution < -0.4 is 10.6 Å². The molecule has 0 bridgehead atoms. The molecule has 1 heterocycles. The Morgan fingerprint density at radius 1 is 1.30 bits per heavy atom. The topological polar surface area (TPSA) is 41.1 Å². The van der Waals surface area contributed by atoms with Gasteiger partial charge in [-0.15, -0.1) is 12.4 Å². The van der Waals surface area contributed by atoms with E-state index in [0.29, 0.717) is 6.54 Å². The van der Waals surface area contributed by atoms with Crippen molar-refractivity contribution in [1.82, 2.24) is 10.6 Å². The lowest BCUT2D eigenvalue weighted by Gasteiger charge is -2.26. The van der Waals surface area contributed by atoms with Crippen molar-refractivity contribution >= 4 is 18.3 Å². The lowest BCUT2D eigenvalue weighted by molar-refractivity contribution is -0.127. The zero-order valence-electron chi connectivity index (χ0n) is 12.7. The summed E-state index contributed by atoms with van der Waals surface area (Å²) >= 11 is 0. The van der Waals surface area contributed by atoms with Crippen molar-refractivity contribution < 1.29 is 4.79 Å². The molecule has 2 N–H and O–H groups in total. The average molecular weight is 297 g/mol. The van der Waals surface area contributed by atoms with Crippen molar-refractivity contribution in [2.45, 2.75) is 47.3 Å². The number of carbonyl (C=O) groups excluding carboxylic acids is 1. The summed E-state index contributed by atoms with van der Waals surface area (Å²) < 4.78 is 0. The lowest BCUT2D eigenvalue weighted by atomic mass is 9.81. The number of rotatable bonds is 3. The fourth-order valence-electron chi connectivity index (χ4n) is 2.19. The largest absolute Gasteiger partial charge is 0.352 e. The highest BCUT2D eigenvalue weighted by Gasteiger charge is 2.26. The van der Waals surface area contributed by atoms with E-state index < -0.39 is 0 Å². The van der Waals surface area contributed by atoms with Crippen LogP contribution in [0.5, 0.6) is 0 Å². The van der Waals surface area contributed by atoms with Crippen LogP contribution in [0.1, 0.15) is 44.4 Å². The summed E-state index contributed by atoms with van der Waals surface area (Å²) in [7, 11) is 0. The first kappa shape index (κ1) is 17.0. The molecular weight excluding hydrogens is 272 g/mol. The second kappa shape index (κ2) is 6.59. The summed E-state index contributed by atoms with van der Waals surface area (Å²) in [6, 6.07) is 6.45. The first-order chi connectivity index (χ1) is 8.88. The molecule has 1 aliphatic heterocycles. The minimum absolute atomic E-state index is 0. The molecule has 0 aliphatic carbocycles. The van der Waals surface area contributed by atoms with Gasteiger partial charge in [-0.25, -0.2) is 0 Å². The van der Waals surface area contributed by atoms with Crippen molar-refractivity contribution in [3.8, 4) is 0 Å². The Kier molecular flexibility index (Phi) is 5.60. The van der Waals surface area contributed by atoms with Crippen molar-refractivity contribution in [2.75, 3.05) is 0 Å². The molecule has 0 radical (unpaired) electrons. The molecule has 0 fully saturated rings. The van der Waals surface area contributed by atoms with Crippen LogP contribution in [0.2, 0.25) is 0 Å². The molecule has 1 amide bonds. The van der Waals surface area contributed by atoms with Crippen LogP contribution in [-0.4, -0.2) is 5.91 Å². The number of carbonyl (C=O) groups is 1. The molecule has 1 aromatic rings. The van der Waals surface area contributed by atoms with Gasteiger partial charge in [0.2, 0.25) is 5.91 Å². The van der Waals surface area contributed by atoms with Crippen LogP contribution in [0.25, 0.3) is 0 Å². The van der Waals surface area contributed by atoms with E-state index >= 15 is 0 Å². The van der Waals surface area contributed by atoms with Crippen molar-refractivity contribution in [3.63, 3.8) is 0 Å². The predicted molar refractivity (Wildman–Crippen MR) is 84.7 cm³/mol. The van der Waals surface area contributed by atoms with Crippen molar-refractivity contribution in [1.29, 1.82) is 0 Å². The van der Waals surface area contributed by atoms with E-state index in [9.17, 15) is 4.79 Å². The van der Waals surface area contributed by atoms with Gasteiger partial charge in [-0.05, 0) is 22.1 Å². The van der Waals surface area contributed by atoms with Crippen LogP contribution in [0.15, 0.2) is 18.2 Å². The Labute approximate surface area is 127 Å². The third kappa shape index (κ3) is 3.97. The lowest BCUT2D eigenvalue weighted by Crippen LogP contribution is -2.35. The molecular formula is C16H25ClN2O. The van der Waals surface area contributed by atoms with Crippen molar-refractivity contribution in [3.05, 3.63) is 34.9 Å². The van der Waals surface area contributed by atoms with Gasteiger partial charge in [0.1, 0.15) is 0 Å². The highest BCUT2D eigenvalue weighted by Crippen LogP contribution is 2.25. The molecule has 0 spiro atoms. The molecule has 3 nitrogen and oxygen atoms in total. The van der Waals surface area contributed by atoms with E-state index in [0.717, 1.165) is 13.1 Å². The predicted octanol–water partition coefficient (Wildman–Crippen LogP) is 3.01. The van der Waals surface area contributed by atoms with E-state index in [-0.39, 0.29) is 29.6 Å². The third-order valence-corrected chi connectivity index (χ3v) is 4.06. The maximum absolute atomic E-state index is 12.1. The Morgan fingerprint density at radius 3 is 2.60 bits per heavy atom. The highest BCUT2D eigenvalue weighted by molar-refractivity contribution is 5.85. The van der Waals surface area contributed by atoms with Gasteiger partial charge in [-0.3, -0.25) is 4.79 Å². The molecule has 4 heteroatoms. The first-order valence-corrected chi connectivity index (χ1v) is 6.97. The van der Waals surface area contributed by atoms with Gasteiger partial charge in [0.25, 0.3) is 0 Å². The molecule has 2 rings (SSSR count). The number of amides is 1. The second-order valence-corrected chi connectivity index (χ2v) is 6.51. The van der Waals surface area contributed by atoms with E-state index in [4.69, 9.17) is 0 Å². The van der Waals surface area contributed by atoms with Crippen LogP contribution in [-0.2, 0) is 24.4 Å². The standard InChI is InChI=1S/C16H24N2O.ClH/c1-11(16(2,3)4)15(19)18-8-12-5-6-13-9-17-10-14(13)7-12;/h5-7,11,17H,8-10H2,1-4H3,(H,18,19);1H. The molecule has 0 saturated carbocycles. The normalized spacial score (nSPS) is 15.2. The minimum atomic E-state index is 0. The van der Waals surface area contributed by atoms with Crippen LogP contribution >= 0.6 is 12.4 Å². The SMILES string of the molecule is CC(C(=O)NCc1ccc2c(c1)CNC2)C(C)(C)C.Cl. The van der Waals surface area contributed by atoms with E-state index in [2.05, 4.69) is 49.6 Å². The van der Waals surface area contributed by atoms with Crippen molar-refractivity contribution in [2.24, 2.45) is 11.3 Å². The van der Waals surface area contributed by atoms with Crippen LogP contribution in [0, 0.1) is 11.3 Å². The Bertz CT molecular complexity index is 480. The number of hydrogen-bond donors (Lipinski definition) is 2. The monoisotopic (exact) mass is 296 g/mol. The Hall–Kier alpha value is -1.06. The number of fused-ring (bicyclic) bond motifs is 1. The van der Waals surface area contributed by atoms with Gasteiger partial charge in [0.05, 0.1) is 0 Å². The smallest absolute Gasteiger partial charge is 0.223 e. The zero-order valence-corrected chi connectivity index (χ0v) is 13.6. The summed E-state index contributed by atoms with van der Waals surface area (Å²) in [6.45, 7) is 10.8. The number of benzene rings is 1. The fraction of sp³-hybridized carbons (Fsp3) is 0.562. The summed E-state index contributed by atoms with van der Waals surface area (Å²) in [5, 5.41) is 6.37. The van der Waals surface area contributed by atoms with Gasteiger partial charge in [-0.2, -0.15) is 0 Å². The summed E-state index contributed by atoms with van der Waals surface area (Å²) in [6.07, 6.45) is 0. The van der Waals surface area contributed by atoms with Crippen LogP contribution in [0.4, 0.5) is 0 Å². The average Bonchev–Trinajstić information content (AvgIpc) is 2.81. The fourth-order valence-corrected chi connectivity index (χ4v) is 2.19. The van der Waals surface area contributed by atoms with E-state index in [1.807, 2.05) is 6.92 Å². The van der Waals surface area contributed by atoms with E-state index in [1.54, 1.807) is 0 Å². The second-order valence-electron chi connectivity index (χ2n) is 6.51. The quantitative estimate of drug-likeness (QED) is 0.900. The Morgan fingerprint density at radius 2 is 1.95 bits per heavy atom. The van der Waals surface area contributed by atoms with Gasteiger partial charge >= 0.3 is 0 Å². The zero-order chi connectivity index (χ0) is 14.0. The Balaban J connectivity index is 0.00000200. The molecule has 20 heavy (non-hydrogen) atoms. The molecule has 1 atom stereocenters. The molecule has 112 valence electrons. The van der Waals surface area contributed by atoms with Gasteiger partial charge in [0, 0.05) is 25.6 Å². The van der Waals surface area contributed by atoms with E-state index in [1.165, 1.54) is 16.7 Å². The molecule has 1 aliphatic rings. The summed E-state index contributed by atoms with van der Waals surface area (Å²) in [4.78, 5) is 12.1. The highest BCUT2D eigenvalue weighted by atomic mass is 35.5. The molecule has 0 saturated heterocycles. The first-order valence-electron chi connectivity index (χ1n) is 6.97. The van der Waals surface area contributed by atoms with Gasteiger partial charge < -0.3 is 10.6 Å². The number of hydrogen-bond acceptors (Lipinski definition) is 2. The minimum Gasteiger partial charge on any atom is -0.352 e. The molecule has 1 aromatic carbocycles. The molecule has 0 aromatic heterocycles. The van der Waals surface area contributed by atoms with Gasteiger partial charge in [0.15, 0.2) is 0 Å².